The topological polar surface area (TPSA) is 68.0 Å². The molecule has 1 heterocycles. The first kappa shape index (κ1) is 15.4. The molecule has 0 bridgehead atoms. The number of hydrogen-bond donors (Lipinski definition) is 2. The van der Waals surface area contributed by atoms with E-state index in [0.717, 1.165) is 16.6 Å². The first-order valence-electron chi connectivity index (χ1n) is 7.25. The molecule has 0 saturated carbocycles. The summed E-state index contributed by atoms with van der Waals surface area (Å²) in [6, 6.07) is 9.60. The van der Waals surface area contributed by atoms with Crippen molar-refractivity contribution in [3.63, 3.8) is 0 Å². The Labute approximate surface area is 125 Å². The molecule has 0 unspecified atom stereocenters. The van der Waals surface area contributed by atoms with E-state index < -0.39 is 5.54 Å². The minimum atomic E-state index is -0.431. The third kappa shape index (κ3) is 3.79. The van der Waals surface area contributed by atoms with Crippen LogP contribution in [0.25, 0.3) is 10.9 Å². The molecular weight excluding hydrogens is 262 g/mol. The van der Waals surface area contributed by atoms with E-state index in [1.165, 1.54) is 0 Å². The van der Waals surface area contributed by atoms with Gasteiger partial charge in [-0.1, -0.05) is 32.0 Å². The Morgan fingerprint density at radius 3 is 2.62 bits per heavy atom. The van der Waals surface area contributed by atoms with Gasteiger partial charge in [0.15, 0.2) is 0 Å². The van der Waals surface area contributed by atoms with Gasteiger partial charge in [-0.25, -0.2) is 0 Å². The molecule has 0 atom stereocenters. The van der Waals surface area contributed by atoms with E-state index in [-0.39, 0.29) is 11.8 Å². The van der Waals surface area contributed by atoms with Crippen LogP contribution >= 0.6 is 0 Å². The summed E-state index contributed by atoms with van der Waals surface area (Å²) >= 11 is 0. The Morgan fingerprint density at radius 2 is 2.00 bits per heavy atom. The lowest BCUT2D eigenvalue weighted by atomic mass is 10.0. The zero-order chi connectivity index (χ0) is 15.6. The van der Waals surface area contributed by atoms with Crippen LogP contribution in [0.4, 0.5) is 0 Å². The van der Waals surface area contributed by atoms with Crippen molar-refractivity contribution in [2.75, 3.05) is 6.54 Å². The normalized spacial score (nSPS) is 11.9. The van der Waals surface area contributed by atoms with E-state index in [4.69, 9.17) is 5.73 Å². The van der Waals surface area contributed by atoms with Crippen molar-refractivity contribution in [1.29, 1.82) is 0 Å². The van der Waals surface area contributed by atoms with E-state index in [9.17, 15) is 4.79 Å². The van der Waals surface area contributed by atoms with Gasteiger partial charge in [-0.05, 0) is 31.9 Å². The zero-order valence-corrected chi connectivity index (χ0v) is 13.1. The second kappa shape index (κ2) is 5.82. The number of amides is 1. The summed E-state index contributed by atoms with van der Waals surface area (Å²) in [4.78, 5) is 17.1. The van der Waals surface area contributed by atoms with Crippen molar-refractivity contribution in [1.82, 2.24) is 10.3 Å². The molecule has 0 aliphatic heterocycles. The van der Waals surface area contributed by atoms with Crippen molar-refractivity contribution >= 4 is 16.8 Å². The summed E-state index contributed by atoms with van der Waals surface area (Å²) in [7, 11) is 0. The lowest BCUT2D eigenvalue weighted by molar-refractivity contribution is 0.0947. The molecule has 0 fully saturated rings. The first-order chi connectivity index (χ1) is 9.78. The van der Waals surface area contributed by atoms with Gasteiger partial charge in [-0.3, -0.25) is 9.78 Å². The number of nitrogens with zero attached hydrogens (tertiary/aromatic N) is 1. The Kier molecular flexibility index (Phi) is 4.28. The van der Waals surface area contributed by atoms with Crippen molar-refractivity contribution < 1.29 is 4.79 Å². The van der Waals surface area contributed by atoms with Crippen molar-refractivity contribution in [3.05, 3.63) is 41.6 Å². The molecule has 3 N–H and O–H groups in total. The summed E-state index contributed by atoms with van der Waals surface area (Å²) in [6.45, 7) is 8.35. The molecule has 2 aromatic rings. The van der Waals surface area contributed by atoms with Crippen molar-refractivity contribution in [2.45, 2.75) is 39.2 Å². The summed E-state index contributed by atoms with van der Waals surface area (Å²) in [5, 5.41) is 3.78. The maximum Gasteiger partial charge on any atom is 0.252 e. The molecule has 4 nitrogen and oxygen atoms in total. The number of aromatic nitrogens is 1. The summed E-state index contributed by atoms with van der Waals surface area (Å²) in [5.41, 5.74) is 7.93. The highest BCUT2D eigenvalue weighted by Crippen LogP contribution is 2.22. The fourth-order valence-corrected chi connectivity index (χ4v) is 2.08. The lowest BCUT2D eigenvalue weighted by Gasteiger charge is -2.19. The predicted molar refractivity (Wildman–Crippen MR) is 86.4 cm³/mol. The monoisotopic (exact) mass is 285 g/mol. The number of nitrogens with one attached hydrogen (secondary N) is 1. The molecule has 1 aromatic heterocycles. The Bertz CT molecular complexity index is 657. The van der Waals surface area contributed by atoms with Crippen LogP contribution in [-0.2, 0) is 0 Å². The van der Waals surface area contributed by atoms with Crippen LogP contribution in [0.15, 0.2) is 30.3 Å². The number of carbonyl (C=O) groups is 1. The molecule has 0 aliphatic carbocycles. The highest BCUT2D eigenvalue weighted by atomic mass is 16.1. The third-order valence-electron chi connectivity index (χ3n) is 3.28. The van der Waals surface area contributed by atoms with Gasteiger partial charge in [0.25, 0.3) is 5.91 Å². The fraction of sp³-hybridized carbons (Fsp3) is 0.412. The highest BCUT2D eigenvalue weighted by Gasteiger charge is 2.17. The Hall–Kier alpha value is -1.94. The highest BCUT2D eigenvalue weighted by molar-refractivity contribution is 6.06. The van der Waals surface area contributed by atoms with Gasteiger partial charge in [-0.2, -0.15) is 0 Å². The summed E-state index contributed by atoms with van der Waals surface area (Å²) in [5.74, 6) is 0.168. The first-order valence-corrected chi connectivity index (χ1v) is 7.25. The Balaban J connectivity index is 2.43. The van der Waals surface area contributed by atoms with Crippen molar-refractivity contribution in [2.24, 2.45) is 5.73 Å². The van der Waals surface area contributed by atoms with E-state index >= 15 is 0 Å². The number of nitrogens with two attached hydrogens (primary N) is 1. The minimum absolute atomic E-state index is 0.103. The number of rotatable bonds is 4. The third-order valence-corrected chi connectivity index (χ3v) is 3.28. The van der Waals surface area contributed by atoms with Gasteiger partial charge in [0.1, 0.15) is 0 Å². The summed E-state index contributed by atoms with van der Waals surface area (Å²) < 4.78 is 0. The smallest absolute Gasteiger partial charge is 0.252 e. The van der Waals surface area contributed by atoms with Crippen LogP contribution < -0.4 is 11.1 Å². The average Bonchev–Trinajstić information content (AvgIpc) is 2.42. The fourth-order valence-electron chi connectivity index (χ4n) is 2.08. The van der Waals surface area contributed by atoms with Gasteiger partial charge < -0.3 is 11.1 Å². The molecule has 0 radical (unpaired) electrons. The quantitative estimate of drug-likeness (QED) is 0.907. The van der Waals surface area contributed by atoms with E-state index in [1.807, 2.05) is 44.2 Å². The van der Waals surface area contributed by atoms with Gasteiger partial charge in [-0.15, -0.1) is 0 Å². The average molecular weight is 285 g/mol. The molecule has 1 amide bonds. The van der Waals surface area contributed by atoms with Crippen LogP contribution in [0.3, 0.4) is 0 Å². The molecule has 0 aliphatic rings. The maximum atomic E-state index is 12.5. The van der Waals surface area contributed by atoms with Crippen LogP contribution in [0.5, 0.6) is 0 Å². The maximum absolute atomic E-state index is 12.5. The number of benzene rings is 1. The van der Waals surface area contributed by atoms with Gasteiger partial charge in [0, 0.05) is 23.2 Å². The largest absolute Gasteiger partial charge is 0.350 e. The SMILES string of the molecule is CC(C)c1cc(C(=O)NCC(C)(C)N)c2ccccc2n1. The van der Waals surface area contributed by atoms with E-state index in [1.54, 1.807) is 0 Å². The molecule has 21 heavy (non-hydrogen) atoms. The standard InChI is InChI=1S/C17H23N3O/c1-11(2)15-9-13(16(21)19-10-17(3,4)18)12-7-5-6-8-14(12)20-15/h5-9,11H,10,18H2,1-4H3,(H,19,21). The number of pyridine rings is 1. The van der Waals surface area contributed by atoms with Crippen LogP contribution in [0.2, 0.25) is 0 Å². The van der Waals surface area contributed by atoms with Crippen molar-refractivity contribution in [3.8, 4) is 0 Å². The number of hydrogen-bond acceptors (Lipinski definition) is 3. The molecule has 0 spiro atoms. The second-order valence-electron chi connectivity index (χ2n) is 6.44. The van der Waals surface area contributed by atoms with Gasteiger partial charge in [0.05, 0.1) is 11.1 Å². The minimum Gasteiger partial charge on any atom is -0.350 e. The molecule has 2 rings (SSSR count). The second-order valence-corrected chi connectivity index (χ2v) is 6.44. The van der Waals surface area contributed by atoms with Crippen LogP contribution in [0, 0.1) is 0 Å². The zero-order valence-electron chi connectivity index (χ0n) is 13.1. The molecular formula is C17H23N3O. The van der Waals surface area contributed by atoms with Gasteiger partial charge in [0.2, 0.25) is 0 Å². The van der Waals surface area contributed by atoms with Crippen LogP contribution in [-0.4, -0.2) is 23.0 Å². The molecule has 4 heteroatoms. The molecule has 1 aromatic carbocycles. The Morgan fingerprint density at radius 1 is 1.33 bits per heavy atom. The van der Waals surface area contributed by atoms with E-state index in [0.29, 0.717) is 12.1 Å². The molecule has 0 saturated heterocycles. The number of carbonyl (C=O) groups excluding carboxylic acids is 1. The van der Waals surface area contributed by atoms with Crippen LogP contribution in [0.1, 0.15) is 49.7 Å². The number of para-hydroxylation sites is 1. The summed E-state index contributed by atoms with van der Waals surface area (Å²) in [6.07, 6.45) is 0. The van der Waals surface area contributed by atoms with Gasteiger partial charge >= 0.3 is 0 Å². The predicted octanol–water partition coefficient (Wildman–Crippen LogP) is 2.83. The number of fused-ring (bicyclic) bond motifs is 1. The lowest BCUT2D eigenvalue weighted by Crippen LogP contribution is -2.45. The molecule has 112 valence electrons. The van der Waals surface area contributed by atoms with E-state index in [2.05, 4.69) is 24.1 Å².